The molecule has 0 aromatic heterocycles. The summed E-state index contributed by atoms with van der Waals surface area (Å²) in [4.78, 5) is 33.3. The number of alkyl halides is 1. The van der Waals surface area contributed by atoms with Gasteiger partial charge in [-0.2, -0.15) is 0 Å². The largest absolute Gasteiger partial charge is 0.453 e. The van der Waals surface area contributed by atoms with Crippen molar-refractivity contribution in [1.29, 1.82) is 0 Å². The first-order chi connectivity index (χ1) is 27.4. The van der Waals surface area contributed by atoms with Crippen molar-refractivity contribution in [3.8, 4) is 0 Å². The Balaban J connectivity index is 0.906. The Bertz CT molecular complexity index is 2030. The number of aliphatic hydroxyl groups is 1. The van der Waals surface area contributed by atoms with E-state index in [0.717, 1.165) is 82.5 Å². The number of ether oxygens (including phenoxy) is 1. The number of methoxy groups -OCH3 is 1. The average molecular weight is 806 g/mol. The average Bonchev–Trinajstić information content (AvgIpc) is 3.64. The number of hydrogen-bond acceptors (Lipinski definition) is 9. The van der Waals surface area contributed by atoms with E-state index in [1.807, 2.05) is 4.90 Å². The lowest BCUT2D eigenvalue weighted by molar-refractivity contribution is 0.00580. The highest BCUT2D eigenvalue weighted by Crippen LogP contribution is 2.52. The summed E-state index contributed by atoms with van der Waals surface area (Å²) >= 11 is 0. The number of anilines is 1. The highest BCUT2D eigenvalue weighted by atomic mass is 32.2. The van der Waals surface area contributed by atoms with Gasteiger partial charge in [0.05, 0.1) is 36.1 Å². The van der Waals surface area contributed by atoms with Crippen LogP contribution in [0.4, 0.5) is 19.3 Å². The summed E-state index contributed by atoms with van der Waals surface area (Å²) in [5, 5.41) is 12.6. The first kappa shape index (κ1) is 39.7. The minimum absolute atomic E-state index is 0.0700. The lowest BCUT2D eigenvalue weighted by Gasteiger charge is -2.54. The van der Waals surface area contributed by atoms with Crippen LogP contribution in [0.2, 0.25) is 0 Å². The van der Waals surface area contributed by atoms with Crippen molar-refractivity contribution in [3.63, 3.8) is 0 Å². The van der Waals surface area contributed by atoms with Crippen LogP contribution in [-0.2, 0) is 20.0 Å². The maximum absolute atomic E-state index is 16.3. The monoisotopic (exact) mass is 805 g/mol. The molecular formula is C43H53F2N5O6S. The van der Waals surface area contributed by atoms with Gasteiger partial charge < -0.3 is 29.9 Å². The Morgan fingerprint density at radius 3 is 2.16 bits per heavy atom. The molecule has 3 aromatic carbocycles. The highest BCUT2D eigenvalue weighted by molar-refractivity contribution is 7.91. The number of benzene rings is 3. The maximum atomic E-state index is 16.3. The number of aliphatic hydroxyl groups excluding tert-OH is 1. The Morgan fingerprint density at radius 2 is 1.56 bits per heavy atom. The van der Waals surface area contributed by atoms with Crippen LogP contribution in [-0.4, -0.2) is 131 Å². The molecule has 57 heavy (non-hydrogen) atoms. The van der Waals surface area contributed by atoms with Gasteiger partial charge >= 0.3 is 6.09 Å². The fraction of sp³-hybridized carbons (Fsp3) is 0.535. The molecule has 4 saturated heterocycles. The Morgan fingerprint density at radius 1 is 0.895 bits per heavy atom. The van der Waals surface area contributed by atoms with E-state index in [-0.39, 0.29) is 65.6 Å². The number of nitrogens with zero attached hydrogens (tertiary/aromatic N) is 4. The molecule has 1 unspecified atom stereocenters. The van der Waals surface area contributed by atoms with Crippen molar-refractivity contribution in [2.45, 2.75) is 71.5 Å². The molecular weight excluding hydrogens is 753 g/mol. The number of carbonyl (C=O) groups is 2. The standard InChI is InChI=1S/C43H53F2N5O6S/c1-56-41(53)46-39-8-3-7-38(39)43(29-47-19-4-20-47,32-5-2-6-33(44)23-32)31-17-21-48(22-18-31)26-42(45)27-50(28-42)34-11-15-37(16-12-34)57(54,55)36-13-9-30(10-14-36)40(52)49-24-35(51)25-49/h2,5-6,9-16,23,31,35,38-39,51H,3-4,7-8,17-22,24-29H2,1H3,(H,46,53)/t38-,39-,43?/m0/s1. The second-order valence-electron chi connectivity index (χ2n) is 16.9. The minimum Gasteiger partial charge on any atom is -0.453 e. The van der Waals surface area contributed by atoms with E-state index in [9.17, 15) is 23.1 Å². The van der Waals surface area contributed by atoms with Gasteiger partial charge in [0.25, 0.3) is 5.91 Å². The second-order valence-corrected chi connectivity index (χ2v) is 18.9. The quantitative estimate of drug-likeness (QED) is 0.264. The number of nitrogens with one attached hydrogen (secondary N) is 1. The molecule has 1 saturated carbocycles. The summed E-state index contributed by atoms with van der Waals surface area (Å²) < 4.78 is 63.1. The lowest BCUT2D eigenvalue weighted by Crippen LogP contribution is -2.65. The maximum Gasteiger partial charge on any atom is 0.407 e. The zero-order valence-corrected chi connectivity index (χ0v) is 33.3. The van der Waals surface area contributed by atoms with E-state index in [4.69, 9.17) is 4.74 Å². The number of amides is 2. The summed E-state index contributed by atoms with van der Waals surface area (Å²) in [5.41, 5.74) is 0.290. The SMILES string of the molecule is COC(=O)N[C@H]1CCC[C@@H]1C(CN1CCC1)(c1cccc(F)c1)C1CCN(CC2(F)CN(c3ccc(S(=O)(=O)c4ccc(C(=O)N5CC(O)C5)cc4)cc3)C2)CC1. The number of piperidine rings is 1. The first-order valence-electron chi connectivity index (χ1n) is 20.3. The van der Waals surface area contributed by atoms with Crippen molar-refractivity contribution in [2.75, 3.05) is 77.5 Å². The molecule has 5 fully saturated rings. The van der Waals surface area contributed by atoms with Gasteiger partial charge in [-0.3, -0.25) is 9.69 Å². The van der Waals surface area contributed by atoms with Crippen molar-refractivity contribution >= 4 is 27.5 Å². The topological polar surface area (TPSA) is 123 Å². The van der Waals surface area contributed by atoms with Gasteiger partial charge in [-0.15, -0.1) is 0 Å². The van der Waals surface area contributed by atoms with E-state index in [1.165, 1.54) is 54.5 Å². The van der Waals surface area contributed by atoms with Crippen LogP contribution >= 0.6 is 0 Å². The van der Waals surface area contributed by atoms with Crippen LogP contribution in [0.1, 0.15) is 54.4 Å². The molecule has 2 N–H and O–H groups in total. The molecule has 11 nitrogen and oxygen atoms in total. The van der Waals surface area contributed by atoms with Gasteiger partial charge in [0.15, 0.2) is 5.67 Å². The van der Waals surface area contributed by atoms with E-state index in [1.54, 1.807) is 24.3 Å². The molecule has 14 heteroatoms. The molecule has 4 heterocycles. The third-order valence-corrected chi connectivity index (χ3v) is 15.1. The number of alkyl carbamates (subject to hydrolysis) is 1. The van der Waals surface area contributed by atoms with Crippen molar-refractivity contribution < 1.29 is 36.6 Å². The number of halogens is 2. The second kappa shape index (κ2) is 15.9. The summed E-state index contributed by atoms with van der Waals surface area (Å²) in [6.07, 6.45) is 4.59. The Hall–Kier alpha value is -4.11. The zero-order valence-electron chi connectivity index (χ0n) is 32.5. The van der Waals surface area contributed by atoms with Gasteiger partial charge in [-0.1, -0.05) is 18.6 Å². The van der Waals surface area contributed by atoms with E-state index in [2.05, 4.69) is 21.2 Å². The van der Waals surface area contributed by atoms with Crippen molar-refractivity contribution in [1.82, 2.24) is 20.0 Å². The molecule has 5 aliphatic rings. The molecule has 4 aliphatic heterocycles. The fourth-order valence-corrected chi connectivity index (χ4v) is 11.5. The molecule has 3 aromatic rings. The smallest absolute Gasteiger partial charge is 0.407 e. The predicted molar refractivity (Wildman–Crippen MR) is 211 cm³/mol. The third-order valence-electron chi connectivity index (χ3n) is 13.3. The molecule has 0 radical (unpaired) electrons. The van der Waals surface area contributed by atoms with Gasteiger partial charge in [0.2, 0.25) is 9.84 Å². The summed E-state index contributed by atoms with van der Waals surface area (Å²) in [7, 11) is -2.46. The normalized spacial score (nSPS) is 24.2. The minimum atomic E-state index is -3.84. The van der Waals surface area contributed by atoms with Gasteiger partial charge in [-0.25, -0.2) is 22.0 Å². The number of sulfone groups is 1. The van der Waals surface area contributed by atoms with Crippen LogP contribution < -0.4 is 10.2 Å². The van der Waals surface area contributed by atoms with Gasteiger partial charge in [0.1, 0.15) is 5.82 Å². The number of hydrogen-bond donors (Lipinski definition) is 2. The third kappa shape index (κ3) is 7.90. The van der Waals surface area contributed by atoms with Crippen molar-refractivity contribution in [2.24, 2.45) is 11.8 Å². The Labute approximate surface area is 333 Å². The van der Waals surface area contributed by atoms with E-state index >= 15 is 8.78 Å². The fourth-order valence-electron chi connectivity index (χ4n) is 10.2. The van der Waals surface area contributed by atoms with E-state index in [0.29, 0.717) is 12.1 Å². The predicted octanol–water partition coefficient (Wildman–Crippen LogP) is 4.88. The molecule has 1 aliphatic carbocycles. The van der Waals surface area contributed by atoms with Gasteiger partial charge in [0, 0.05) is 48.9 Å². The number of β-amino-alcohol motifs (C(OH)–C–C–N with tert-alkyl or cyclic N) is 1. The van der Waals surface area contributed by atoms with Crippen LogP contribution in [0.5, 0.6) is 0 Å². The number of likely N-dealkylation sites (tertiary alicyclic amines) is 3. The van der Waals surface area contributed by atoms with Crippen LogP contribution in [0.15, 0.2) is 82.6 Å². The molecule has 0 bridgehead atoms. The zero-order chi connectivity index (χ0) is 40.0. The number of rotatable bonds is 12. The summed E-state index contributed by atoms with van der Waals surface area (Å²) in [5.74, 6) is -0.193. The molecule has 3 atom stereocenters. The van der Waals surface area contributed by atoms with Crippen LogP contribution in [0.3, 0.4) is 0 Å². The van der Waals surface area contributed by atoms with E-state index < -0.39 is 33.1 Å². The highest BCUT2D eigenvalue weighted by Gasteiger charge is 2.54. The van der Waals surface area contributed by atoms with Gasteiger partial charge in [-0.05, 0) is 136 Å². The van der Waals surface area contributed by atoms with Crippen molar-refractivity contribution in [3.05, 3.63) is 89.7 Å². The summed E-state index contributed by atoms with van der Waals surface area (Å²) in [6.45, 7) is 5.48. The number of carbonyl (C=O) groups excluding carboxylic acids is 2. The molecule has 2 amide bonds. The molecule has 8 rings (SSSR count). The summed E-state index contributed by atoms with van der Waals surface area (Å²) in [6, 6.07) is 19.3. The van der Waals surface area contributed by atoms with Crippen LogP contribution in [0, 0.1) is 17.7 Å². The Kier molecular flexibility index (Phi) is 11.1. The lowest BCUT2D eigenvalue weighted by atomic mass is 9.57. The molecule has 0 spiro atoms. The first-order valence-corrected chi connectivity index (χ1v) is 21.8. The molecule has 306 valence electrons. The van der Waals surface area contributed by atoms with Crippen LogP contribution in [0.25, 0.3) is 0 Å².